The highest BCUT2D eigenvalue weighted by molar-refractivity contribution is 5.92. The first kappa shape index (κ1) is 17.5. The molecule has 1 aromatic carbocycles. The van der Waals surface area contributed by atoms with E-state index in [1.807, 2.05) is 44.2 Å². The Morgan fingerprint density at radius 3 is 2.62 bits per heavy atom. The van der Waals surface area contributed by atoms with E-state index in [-0.39, 0.29) is 5.91 Å². The fraction of sp³-hybridized carbons (Fsp3) is 0.200. The van der Waals surface area contributed by atoms with Crippen LogP contribution in [0.25, 0.3) is 0 Å². The van der Waals surface area contributed by atoms with Crippen molar-refractivity contribution in [3.05, 3.63) is 71.8 Å². The maximum atomic E-state index is 12.1. The Morgan fingerprint density at radius 1 is 1.15 bits per heavy atom. The average molecular weight is 352 g/mol. The molecule has 0 aliphatic heterocycles. The van der Waals surface area contributed by atoms with Crippen molar-refractivity contribution in [3.63, 3.8) is 0 Å². The monoisotopic (exact) mass is 352 g/mol. The van der Waals surface area contributed by atoms with Gasteiger partial charge in [0.1, 0.15) is 11.5 Å². The van der Waals surface area contributed by atoms with Gasteiger partial charge in [-0.25, -0.2) is 4.98 Å². The number of pyridine rings is 1. The fourth-order valence-electron chi connectivity index (χ4n) is 2.38. The molecular weight excluding hydrogens is 332 g/mol. The van der Waals surface area contributed by atoms with Crippen LogP contribution in [0.4, 0.5) is 0 Å². The van der Waals surface area contributed by atoms with E-state index in [0.717, 1.165) is 16.9 Å². The maximum Gasteiger partial charge on any atom is 0.287 e. The topological polar surface area (TPSA) is 73.6 Å². The second-order valence-electron chi connectivity index (χ2n) is 5.62. The predicted molar refractivity (Wildman–Crippen MR) is 96.5 cm³/mol. The van der Waals surface area contributed by atoms with Gasteiger partial charge in [-0.05, 0) is 55.8 Å². The number of hydrogen-bond acceptors (Lipinski definition) is 5. The van der Waals surface area contributed by atoms with Crippen LogP contribution in [0.1, 0.15) is 28.6 Å². The zero-order valence-corrected chi connectivity index (χ0v) is 14.7. The molecule has 0 radical (unpaired) electrons. The fourth-order valence-corrected chi connectivity index (χ4v) is 2.38. The van der Waals surface area contributed by atoms with Crippen LogP contribution < -0.4 is 14.8 Å². The lowest BCUT2D eigenvalue weighted by atomic mass is 10.2. The average Bonchev–Trinajstić information content (AvgIpc) is 3.08. The number of amides is 1. The quantitative estimate of drug-likeness (QED) is 0.693. The lowest BCUT2D eigenvalue weighted by Gasteiger charge is -2.08. The third kappa shape index (κ3) is 4.42. The predicted octanol–water partition coefficient (Wildman–Crippen LogP) is 4.10. The Balaban J connectivity index is 1.61. The molecule has 0 atom stereocenters. The Hall–Kier alpha value is -3.28. The third-order valence-electron chi connectivity index (χ3n) is 3.68. The first-order valence-electron chi connectivity index (χ1n) is 8.33. The molecule has 0 spiro atoms. The van der Waals surface area contributed by atoms with Gasteiger partial charge in [0, 0.05) is 24.4 Å². The van der Waals surface area contributed by atoms with Crippen molar-refractivity contribution in [1.82, 2.24) is 10.3 Å². The number of ether oxygens (including phenoxy) is 2. The molecule has 0 saturated carbocycles. The van der Waals surface area contributed by atoms with Gasteiger partial charge in [-0.3, -0.25) is 4.79 Å². The molecular formula is C20H20N2O4. The molecule has 6 heteroatoms. The molecule has 0 aliphatic rings. The number of furan rings is 1. The Bertz CT molecular complexity index is 872. The third-order valence-corrected chi connectivity index (χ3v) is 3.68. The molecule has 0 aliphatic carbocycles. The molecule has 2 heterocycles. The van der Waals surface area contributed by atoms with Crippen LogP contribution in [0.5, 0.6) is 17.4 Å². The molecule has 134 valence electrons. The van der Waals surface area contributed by atoms with Gasteiger partial charge >= 0.3 is 0 Å². The summed E-state index contributed by atoms with van der Waals surface area (Å²) >= 11 is 0. The summed E-state index contributed by atoms with van der Waals surface area (Å²) in [6, 6.07) is 12.7. The first-order valence-corrected chi connectivity index (χ1v) is 8.33. The largest absolute Gasteiger partial charge is 0.494 e. The molecule has 1 amide bonds. The lowest BCUT2D eigenvalue weighted by molar-refractivity contribution is 0.0922. The van der Waals surface area contributed by atoms with Crippen molar-refractivity contribution in [2.24, 2.45) is 0 Å². The zero-order valence-electron chi connectivity index (χ0n) is 14.7. The Kier molecular flexibility index (Phi) is 5.53. The van der Waals surface area contributed by atoms with Crippen molar-refractivity contribution in [3.8, 4) is 17.4 Å². The van der Waals surface area contributed by atoms with E-state index >= 15 is 0 Å². The van der Waals surface area contributed by atoms with Gasteiger partial charge < -0.3 is 19.2 Å². The molecule has 0 unspecified atom stereocenters. The molecule has 0 fully saturated rings. The number of aryl methyl sites for hydroxylation is 1. The van der Waals surface area contributed by atoms with E-state index in [2.05, 4.69) is 10.3 Å². The number of rotatable bonds is 7. The molecule has 26 heavy (non-hydrogen) atoms. The minimum absolute atomic E-state index is 0.252. The van der Waals surface area contributed by atoms with E-state index in [0.29, 0.717) is 30.5 Å². The number of benzene rings is 1. The minimum atomic E-state index is -0.252. The normalized spacial score (nSPS) is 10.4. The van der Waals surface area contributed by atoms with Crippen molar-refractivity contribution in [2.75, 3.05) is 6.61 Å². The summed E-state index contributed by atoms with van der Waals surface area (Å²) < 4.78 is 16.3. The maximum absolute atomic E-state index is 12.1. The van der Waals surface area contributed by atoms with Gasteiger partial charge in [-0.15, -0.1) is 0 Å². The first-order chi connectivity index (χ1) is 12.7. The van der Waals surface area contributed by atoms with Crippen molar-refractivity contribution in [2.45, 2.75) is 20.4 Å². The van der Waals surface area contributed by atoms with Crippen LogP contribution >= 0.6 is 0 Å². The Labute approximate surface area is 151 Å². The SMILES string of the molecule is CCOc1ccc(Oc2cc(CNC(=O)c3occc3C)ccn2)cc1. The summed E-state index contributed by atoms with van der Waals surface area (Å²) in [5.41, 5.74) is 1.68. The number of nitrogens with one attached hydrogen (secondary N) is 1. The highest BCUT2D eigenvalue weighted by Gasteiger charge is 2.12. The van der Waals surface area contributed by atoms with Gasteiger partial charge in [-0.2, -0.15) is 0 Å². The number of hydrogen-bond donors (Lipinski definition) is 1. The van der Waals surface area contributed by atoms with Crippen LogP contribution in [0, 0.1) is 6.92 Å². The van der Waals surface area contributed by atoms with Crippen LogP contribution in [0.3, 0.4) is 0 Å². The van der Waals surface area contributed by atoms with Gasteiger partial charge in [0.2, 0.25) is 5.88 Å². The second kappa shape index (κ2) is 8.20. The van der Waals surface area contributed by atoms with E-state index in [1.165, 1.54) is 6.26 Å². The molecule has 0 saturated heterocycles. The van der Waals surface area contributed by atoms with Crippen LogP contribution in [-0.2, 0) is 6.54 Å². The highest BCUT2D eigenvalue weighted by Crippen LogP contribution is 2.23. The van der Waals surface area contributed by atoms with Gasteiger partial charge in [0.15, 0.2) is 5.76 Å². The number of carbonyl (C=O) groups excluding carboxylic acids is 1. The molecule has 3 rings (SSSR count). The molecule has 0 bridgehead atoms. The molecule has 6 nitrogen and oxygen atoms in total. The summed E-state index contributed by atoms with van der Waals surface area (Å²) in [5.74, 6) is 1.98. The Morgan fingerprint density at radius 2 is 1.92 bits per heavy atom. The summed E-state index contributed by atoms with van der Waals surface area (Å²) in [6.45, 7) is 4.73. The summed E-state index contributed by atoms with van der Waals surface area (Å²) in [7, 11) is 0. The lowest BCUT2D eigenvalue weighted by Crippen LogP contribution is -2.22. The number of aromatic nitrogens is 1. The van der Waals surface area contributed by atoms with Crippen molar-refractivity contribution in [1.29, 1.82) is 0 Å². The standard InChI is InChI=1S/C20H20N2O4/c1-3-24-16-4-6-17(7-5-16)26-18-12-15(8-10-21-18)13-22-20(23)19-14(2)9-11-25-19/h4-12H,3,13H2,1-2H3,(H,22,23). The van der Waals surface area contributed by atoms with Crippen LogP contribution in [0.15, 0.2) is 59.3 Å². The van der Waals surface area contributed by atoms with Gasteiger partial charge in [0.05, 0.1) is 12.9 Å². The summed E-state index contributed by atoms with van der Waals surface area (Å²) in [4.78, 5) is 16.3. The number of carbonyl (C=O) groups is 1. The van der Waals surface area contributed by atoms with E-state index < -0.39 is 0 Å². The molecule has 1 N–H and O–H groups in total. The molecule has 3 aromatic rings. The minimum Gasteiger partial charge on any atom is -0.494 e. The zero-order chi connectivity index (χ0) is 18.4. The smallest absolute Gasteiger partial charge is 0.287 e. The van der Waals surface area contributed by atoms with Gasteiger partial charge in [-0.1, -0.05) is 0 Å². The van der Waals surface area contributed by atoms with Crippen molar-refractivity contribution < 1.29 is 18.7 Å². The summed E-state index contributed by atoms with van der Waals surface area (Å²) in [5, 5.41) is 2.82. The van der Waals surface area contributed by atoms with E-state index in [1.54, 1.807) is 18.3 Å². The number of nitrogens with zero attached hydrogens (tertiary/aromatic N) is 1. The van der Waals surface area contributed by atoms with Gasteiger partial charge in [0.25, 0.3) is 5.91 Å². The van der Waals surface area contributed by atoms with Crippen LogP contribution in [0.2, 0.25) is 0 Å². The highest BCUT2D eigenvalue weighted by atomic mass is 16.5. The second-order valence-corrected chi connectivity index (χ2v) is 5.62. The summed E-state index contributed by atoms with van der Waals surface area (Å²) in [6.07, 6.45) is 3.14. The van der Waals surface area contributed by atoms with Crippen molar-refractivity contribution >= 4 is 5.91 Å². The van der Waals surface area contributed by atoms with E-state index in [4.69, 9.17) is 13.9 Å². The van der Waals surface area contributed by atoms with Crippen LogP contribution in [-0.4, -0.2) is 17.5 Å². The molecule has 2 aromatic heterocycles. The van der Waals surface area contributed by atoms with E-state index in [9.17, 15) is 4.79 Å².